The Kier molecular flexibility index (Phi) is 3.63. The maximum Gasteiger partial charge on any atom is 0.128 e. The second kappa shape index (κ2) is 5.19. The van der Waals surface area contributed by atoms with Gasteiger partial charge in [0.2, 0.25) is 0 Å². The summed E-state index contributed by atoms with van der Waals surface area (Å²) in [4.78, 5) is 1.42. The molecule has 2 N–H and O–H groups in total. The number of benzene rings is 1. The van der Waals surface area contributed by atoms with Crippen LogP contribution in [0.5, 0.6) is 0 Å². The zero-order chi connectivity index (χ0) is 13.1. The normalized spacial score (nSPS) is 10.3. The topological polar surface area (TPSA) is 49.8 Å². The highest BCUT2D eigenvalue weighted by Gasteiger charge is 2.16. The summed E-state index contributed by atoms with van der Waals surface area (Å²) in [5.41, 5.74) is 8.27. The maximum atomic E-state index is 13.3. The van der Waals surface area contributed by atoms with E-state index < -0.39 is 0 Å². The second-order valence-corrected chi connectivity index (χ2v) is 5.05. The molecule has 92 valence electrons. The molecule has 0 spiro atoms. The summed E-state index contributed by atoms with van der Waals surface area (Å²) in [6.45, 7) is 2.05. The molecule has 1 aromatic carbocycles. The van der Waals surface area contributed by atoms with E-state index in [0.717, 1.165) is 28.8 Å². The Labute approximate surface area is 109 Å². The lowest BCUT2D eigenvalue weighted by molar-refractivity contribution is 0.628. The lowest BCUT2D eigenvalue weighted by Gasteiger charge is -2.04. The Balaban J connectivity index is 2.60. The number of rotatable bonds is 3. The average molecular weight is 260 g/mol. The third-order valence-electron chi connectivity index (χ3n) is 2.74. The third kappa shape index (κ3) is 2.22. The van der Waals surface area contributed by atoms with Crippen molar-refractivity contribution in [1.82, 2.24) is 0 Å². The van der Waals surface area contributed by atoms with E-state index >= 15 is 0 Å². The van der Waals surface area contributed by atoms with E-state index in [1.165, 1.54) is 23.5 Å². The first-order chi connectivity index (χ1) is 8.67. The van der Waals surface area contributed by atoms with Gasteiger partial charge in [0, 0.05) is 4.88 Å². The fourth-order valence-corrected chi connectivity index (χ4v) is 2.99. The molecule has 1 aromatic heterocycles. The van der Waals surface area contributed by atoms with Crippen molar-refractivity contribution in [2.45, 2.75) is 19.8 Å². The second-order valence-electron chi connectivity index (χ2n) is 4.02. The van der Waals surface area contributed by atoms with Gasteiger partial charge in [0.1, 0.15) is 16.8 Å². The van der Waals surface area contributed by atoms with E-state index in [4.69, 9.17) is 11.0 Å². The van der Waals surface area contributed by atoms with Crippen molar-refractivity contribution in [3.05, 3.63) is 40.5 Å². The van der Waals surface area contributed by atoms with Crippen LogP contribution in [0.15, 0.2) is 24.3 Å². The van der Waals surface area contributed by atoms with Crippen LogP contribution >= 0.6 is 11.3 Å². The van der Waals surface area contributed by atoms with Gasteiger partial charge < -0.3 is 5.73 Å². The number of nitrogen functional groups attached to an aromatic ring is 1. The van der Waals surface area contributed by atoms with Gasteiger partial charge in [-0.05, 0) is 29.7 Å². The monoisotopic (exact) mass is 260 g/mol. The van der Waals surface area contributed by atoms with Crippen LogP contribution in [0.25, 0.3) is 10.4 Å². The Morgan fingerprint density at radius 3 is 2.83 bits per heavy atom. The van der Waals surface area contributed by atoms with Gasteiger partial charge in [-0.1, -0.05) is 25.5 Å². The van der Waals surface area contributed by atoms with E-state index in [9.17, 15) is 4.39 Å². The van der Waals surface area contributed by atoms with Crippen LogP contribution in [0.1, 0.15) is 23.8 Å². The number of hydrogen-bond acceptors (Lipinski definition) is 3. The molecule has 0 aliphatic rings. The van der Waals surface area contributed by atoms with E-state index in [2.05, 4.69) is 13.0 Å². The molecule has 2 rings (SSSR count). The molecular weight excluding hydrogens is 247 g/mol. The summed E-state index contributed by atoms with van der Waals surface area (Å²) in [5, 5.41) is 9.03. The number of nitrogens with zero attached hydrogens (tertiary/aromatic N) is 1. The fraction of sp³-hybridized carbons (Fsp3) is 0.214. The van der Waals surface area contributed by atoms with E-state index in [-0.39, 0.29) is 5.82 Å². The fourth-order valence-electron chi connectivity index (χ4n) is 1.92. The molecule has 0 aliphatic carbocycles. The van der Waals surface area contributed by atoms with Crippen LogP contribution in [0.4, 0.5) is 10.1 Å². The van der Waals surface area contributed by atoms with Crippen molar-refractivity contribution in [3.63, 3.8) is 0 Å². The molecule has 0 radical (unpaired) electrons. The first-order valence-corrected chi connectivity index (χ1v) is 6.56. The van der Waals surface area contributed by atoms with Gasteiger partial charge >= 0.3 is 0 Å². The summed E-state index contributed by atoms with van der Waals surface area (Å²) in [5.74, 6) is -0.277. The van der Waals surface area contributed by atoms with Gasteiger partial charge in [-0.3, -0.25) is 0 Å². The maximum absolute atomic E-state index is 13.3. The predicted octanol–water partition coefficient (Wildman–Crippen LogP) is 3.96. The molecule has 4 heteroatoms. The SMILES string of the molecule is CCCc1c(-c2cccc(F)c2)sc(C#N)c1N. The summed E-state index contributed by atoms with van der Waals surface area (Å²) >= 11 is 1.34. The quantitative estimate of drug-likeness (QED) is 0.908. The Bertz CT molecular complexity index is 611. The van der Waals surface area contributed by atoms with E-state index in [1.807, 2.05) is 6.07 Å². The zero-order valence-electron chi connectivity index (χ0n) is 10.0. The number of nitriles is 1. The molecule has 0 fully saturated rings. The number of anilines is 1. The van der Waals surface area contributed by atoms with Gasteiger partial charge in [-0.15, -0.1) is 11.3 Å². The van der Waals surface area contributed by atoms with Gasteiger partial charge in [0.25, 0.3) is 0 Å². The van der Waals surface area contributed by atoms with Crippen molar-refractivity contribution in [2.24, 2.45) is 0 Å². The molecule has 0 unspecified atom stereocenters. The lowest BCUT2D eigenvalue weighted by atomic mass is 10.0. The highest BCUT2D eigenvalue weighted by atomic mass is 32.1. The summed E-state index contributed by atoms with van der Waals surface area (Å²) in [6, 6.07) is 8.50. The van der Waals surface area contributed by atoms with Crippen molar-refractivity contribution < 1.29 is 4.39 Å². The summed E-state index contributed by atoms with van der Waals surface area (Å²) in [7, 11) is 0. The molecule has 2 nitrogen and oxygen atoms in total. The zero-order valence-corrected chi connectivity index (χ0v) is 10.9. The van der Waals surface area contributed by atoms with Gasteiger partial charge in [0.15, 0.2) is 0 Å². The van der Waals surface area contributed by atoms with Crippen molar-refractivity contribution in [2.75, 3.05) is 5.73 Å². The van der Waals surface area contributed by atoms with Crippen molar-refractivity contribution in [1.29, 1.82) is 5.26 Å². The summed E-state index contributed by atoms with van der Waals surface area (Å²) < 4.78 is 13.3. The van der Waals surface area contributed by atoms with E-state index in [1.54, 1.807) is 6.07 Å². The minimum absolute atomic E-state index is 0.277. The minimum Gasteiger partial charge on any atom is -0.397 e. The van der Waals surface area contributed by atoms with Crippen LogP contribution < -0.4 is 5.73 Å². The van der Waals surface area contributed by atoms with Crippen LogP contribution in [0.2, 0.25) is 0 Å². The molecular formula is C14H13FN2S. The molecule has 0 atom stereocenters. The van der Waals surface area contributed by atoms with E-state index in [0.29, 0.717) is 10.6 Å². The number of nitrogens with two attached hydrogens (primary N) is 1. The molecule has 0 saturated carbocycles. The lowest BCUT2D eigenvalue weighted by Crippen LogP contribution is -1.93. The Morgan fingerprint density at radius 2 is 2.22 bits per heavy atom. The molecule has 2 aromatic rings. The van der Waals surface area contributed by atoms with Gasteiger partial charge in [-0.2, -0.15) is 5.26 Å². The highest BCUT2D eigenvalue weighted by molar-refractivity contribution is 7.16. The number of hydrogen-bond donors (Lipinski definition) is 1. The first-order valence-electron chi connectivity index (χ1n) is 5.74. The largest absolute Gasteiger partial charge is 0.397 e. The van der Waals surface area contributed by atoms with Crippen molar-refractivity contribution in [3.8, 4) is 16.5 Å². The molecule has 18 heavy (non-hydrogen) atoms. The third-order valence-corrected chi connectivity index (χ3v) is 3.94. The first kappa shape index (κ1) is 12.6. The standard InChI is InChI=1S/C14H13FN2S/c1-2-4-11-13(17)12(8-16)18-14(11)9-5-3-6-10(15)7-9/h3,5-7H,2,4,17H2,1H3. The van der Waals surface area contributed by atoms with Crippen LogP contribution in [-0.4, -0.2) is 0 Å². The molecule has 0 aliphatic heterocycles. The molecule has 1 heterocycles. The molecule has 0 bridgehead atoms. The smallest absolute Gasteiger partial charge is 0.128 e. The number of halogens is 1. The highest BCUT2D eigenvalue weighted by Crippen LogP contribution is 2.39. The minimum atomic E-state index is -0.277. The van der Waals surface area contributed by atoms with Crippen LogP contribution in [0.3, 0.4) is 0 Å². The van der Waals surface area contributed by atoms with Gasteiger partial charge in [-0.25, -0.2) is 4.39 Å². The Morgan fingerprint density at radius 1 is 1.44 bits per heavy atom. The summed E-state index contributed by atoms with van der Waals surface area (Å²) in [6.07, 6.45) is 1.74. The molecule has 0 saturated heterocycles. The average Bonchev–Trinajstić information content (AvgIpc) is 2.67. The molecule has 0 amide bonds. The Hall–Kier alpha value is -1.86. The van der Waals surface area contributed by atoms with Crippen molar-refractivity contribution >= 4 is 17.0 Å². The van der Waals surface area contributed by atoms with Crippen LogP contribution in [0, 0.1) is 17.1 Å². The predicted molar refractivity (Wildman–Crippen MR) is 72.8 cm³/mol. The number of thiophene rings is 1. The van der Waals surface area contributed by atoms with Crippen LogP contribution in [-0.2, 0) is 6.42 Å². The van der Waals surface area contributed by atoms with Gasteiger partial charge in [0.05, 0.1) is 5.69 Å².